The molecule has 0 saturated heterocycles. The largest absolute Gasteiger partial charge is 0.573 e. The van der Waals surface area contributed by atoms with Gasteiger partial charge in [0.2, 0.25) is 0 Å². The van der Waals surface area contributed by atoms with E-state index >= 15 is 0 Å². The topological polar surface area (TPSA) is 18.5 Å². The number of alkyl halides is 3. The minimum atomic E-state index is -4.76. The van der Waals surface area contributed by atoms with Crippen LogP contribution in [0.25, 0.3) is 11.1 Å². The van der Waals surface area contributed by atoms with E-state index in [4.69, 9.17) is 4.74 Å². The van der Waals surface area contributed by atoms with Crippen LogP contribution in [0.3, 0.4) is 0 Å². The lowest BCUT2D eigenvalue weighted by atomic mass is 10.0. The molecule has 0 spiro atoms. The zero-order valence-electron chi connectivity index (χ0n) is 10.7. The third kappa shape index (κ3) is 3.87. The molecule has 0 unspecified atom stereocenters. The summed E-state index contributed by atoms with van der Waals surface area (Å²) in [6.07, 6.45) is -4.76. The van der Waals surface area contributed by atoms with Gasteiger partial charge in [-0.05, 0) is 29.8 Å². The fourth-order valence-electron chi connectivity index (χ4n) is 1.76. The third-order valence-electron chi connectivity index (χ3n) is 2.62. The van der Waals surface area contributed by atoms with Gasteiger partial charge in [-0.2, -0.15) is 0 Å². The van der Waals surface area contributed by atoms with Crippen LogP contribution in [0.2, 0.25) is 0 Å². The van der Waals surface area contributed by atoms with Crippen LogP contribution in [0.15, 0.2) is 40.9 Å². The Bertz CT molecular complexity index is 639. The molecule has 0 atom stereocenters. The Hall–Kier alpha value is -1.76. The molecule has 0 aliphatic carbocycles. The van der Waals surface area contributed by atoms with E-state index in [0.717, 1.165) is 12.1 Å². The normalized spacial score (nSPS) is 11.3. The predicted molar refractivity (Wildman–Crippen MR) is 72.8 cm³/mol. The van der Waals surface area contributed by atoms with Gasteiger partial charge >= 0.3 is 6.36 Å². The maximum absolute atomic E-state index is 14.2. The van der Waals surface area contributed by atoms with Crippen molar-refractivity contribution < 1.29 is 27.0 Å². The Labute approximate surface area is 126 Å². The summed E-state index contributed by atoms with van der Waals surface area (Å²) in [6.45, 7) is 0. The Morgan fingerprint density at radius 3 is 2.19 bits per heavy atom. The van der Waals surface area contributed by atoms with E-state index in [1.54, 1.807) is 0 Å². The van der Waals surface area contributed by atoms with Gasteiger partial charge in [0.05, 0.1) is 7.11 Å². The minimum absolute atomic E-state index is 0.0370. The molecule has 7 heteroatoms. The zero-order chi connectivity index (χ0) is 15.6. The first-order valence-electron chi connectivity index (χ1n) is 5.69. The lowest BCUT2D eigenvalue weighted by molar-refractivity contribution is -0.274. The summed E-state index contributed by atoms with van der Waals surface area (Å²) in [6, 6.07) is 7.89. The Morgan fingerprint density at radius 1 is 1.05 bits per heavy atom. The van der Waals surface area contributed by atoms with Crippen molar-refractivity contribution in [2.24, 2.45) is 0 Å². The van der Waals surface area contributed by atoms with Crippen LogP contribution in [0.4, 0.5) is 17.6 Å². The summed E-state index contributed by atoms with van der Waals surface area (Å²) in [4.78, 5) is 0. The fraction of sp³-hybridized carbons (Fsp3) is 0.143. The van der Waals surface area contributed by atoms with Crippen LogP contribution in [0.5, 0.6) is 11.5 Å². The van der Waals surface area contributed by atoms with Gasteiger partial charge in [0.1, 0.15) is 5.75 Å². The molecule has 112 valence electrons. The highest BCUT2D eigenvalue weighted by molar-refractivity contribution is 9.10. The van der Waals surface area contributed by atoms with E-state index < -0.39 is 12.2 Å². The van der Waals surface area contributed by atoms with Crippen molar-refractivity contribution in [3.8, 4) is 22.6 Å². The van der Waals surface area contributed by atoms with Gasteiger partial charge in [0.25, 0.3) is 0 Å². The molecule has 0 saturated carbocycles. The van der Waals surface area contributed by atoms with Gasteiger partial charge < -0.3 is 9.47 Å². The van der Waals surface area contributed by atoms with E-state index in [1.165, 1.54) is 31.4 Å². The Morgan fingerprint density at radius 2 is 1.67 bits per heavy atom. The molecule has 0 fully saturated rings. The molecular weight excluding hydrogens is 356 g/mol. The summed E-state index contributed by atoms with van der Waals surface area (Å²) in [5.74, 6) is -0.922. The summed E-state index contributed by atoms with van der Waals surface area (Å²) >= 11 is 3.22. The highest BCUT2D eigenvalue weighted by atomic mass is 79.9. The Kier molecular flexibility index (Phi) is 4.41. The number of halogens is 5. The van der Waals surface area contributed by atoms with E-state index in [9.17, 15) is 17.6 Å². The molecule has 2 nitrogen and oxygen atoms in total. The maximum Gasteiger partial charge on any atom is 0.573 e. The number of rotatable bonds is 3. The summed E-state index contributed by atoms with van der Waals surface area (Å²) < 4.78 is 59.6. The van der Waals surface area contributed by atoms with Crippen LogP contribution in [0, 0.1) is 5.82 Å². The van der Waals surface area contributed by atoms with Gasteiger partial charge in [0.15, 0.2) is 11.6 Å². The second kappa shape index (κ2) is 5.93. The molecule has 0 amide bonds. The lowest BCUT2D eigenvalue weighted by Gasteiger charge is -2.11. The van der Waals surface area contributed by atoms with Gasteiger partial charge in [-0.15, -0.1) is 13.2 Å². The van der Waals surface area contributed by atoms with Crippen LogP contribution in [0.1, 0.15) is 0 Å². The highest BCUT2D eigenvalue weighted by Gasteiger charge is 2.31. The number of ether oxygens (including phenoxy) is 2. The average Bonchev–Trinajstić information content (AvgIpc) is 2.40. The van der Waals surface area contributed by atoms with Gasteiger partial charge in [-0.1, -0.05) is 28.1 Å². The van der Waals surface area contributed by atoms with Crippen molar-refractivity contribution in [1.82, 2.24) is 0 Å². The molecule has 0 bridgehead atoms. The molecule has 2 rings (SSSR count). The summed E-state index contributed by atoms with van der Waals surface area (Å²) in [5, 5.41) is 0. The molecule has 0 N–H and O–H groups in total. The highest BCUT2D eigenvalue weighted by Crippen LogP contribution is 2.34. The van der Waals surface area contributed by atoms with Crippen molar-refractivity contribution in [2.75, 3.05) is 7.11 Å². The quantitative estimate of drug-likeness (QED) is 0.700. The van der Waals surface area contributed by atoms with Crippen LogP contribution < -0.4 is 9.47 Å². The molecule has 2 aromatic rings. The molecule has 0 aliphatic heterocycles. The van der Waals surface area contributed by atoms with E-state index in [2.05, 4.69) is 20.7 Å². The van der Waals surface area contributed by atoms with Crippen molar-refractivity contribution >= 4 is 15.9 Å². The lowest BCUT2D eigenvalue weighted by Crippen LogP contribution is -2.16. The number of benzene rings is 2. The predicted octanol–water partition coefficient (Wildman–Crippen LogP) is 5.16. The molecular formula is C14H9BrF4O2. The van der Waals surface area contributed by atoms with Crippen molar-refractivity contribution in [2.45, 2.75) is 6.36 Å². The molecule has 0 radical (unpaired) electrons. The monoisotopic (exact) mass is 364 g/mol. The molecule has 2 aromatic carbocycles. The van der Waals surface area contributed by atoms with Crippen LogP contribution in [-0.2, 0) is 0 Å². The second-order valence-corrected chi connectivity index (χ2v) is 4.96. The summed E-state index contributed by atoms with van der Waals surface area (Å²) in [5.41, 5.74) is 0.612. The van der Waals surface area contributed by atoms with Crippen LogP contribution in [-0.4, -0.2) is 13.5 Å². The minimum Gasteiger partial charge on any atom is -0.494 e. The molecule has 21 heavy (non-hydrogen) atoms. The van der Waals surface area contributed by atoms with Gasteiger partial charge in [-0.25, -0.2) is 4.39 Å². The second-order valence-electron chi connectivity index (χ2n) is 4.04. The fourth-order valence-corrected chi connectivity index (χ4v) is 2.20. The number of methoxy groups -OCH3 is 1. The maximum atomic E-state index is 14.2. The van der Waals surface area contributed by atoms with Crippen molar-refractivity contribution in [1.29, 1.82) is 0 Å². The smallest absolute Gasteiger partial charge is 0.494 e. The van der Waals surface area contributed by atoms with E-state index in [0.29, 0.717) is 10.0 Å². The SMILES string of the molecule is COc1cc(Br)cc(-c2ccc(OC(F)(F)F)cc2)c1F. The Balaban J connectivity index is 2.37. The molecule has 0 aromatic heterocycles. The van der Waals surface area contributed by atoms with E-state index in [1.807, 2.05) is 0 Å². The average molecular weight is 365 g/mol. The van der Waals surface area contributed by atoms with E-state index in [-0.39, 0.29) is 17.1 Å². The van der Waals surface area contributed by atoms with Crippen molar-refractivity contribution in [3.05, 3.63) is 46.7 Å². The molecule has 0 aliphatic rings. The molecule has 0 heterocycles. The summed E-state index contributed by atoms with van der Waals surface area (Å²) in [7, 11) is 1.33. The zero-order valence-corrected chi connectivity index (χ0v) is 12.3. The first kappa shape index (κ1) is 15.6. The number of hydrogen-bond donors (Lipinski definition) is 0. The van der Waals surface area contributed by atoms with Crippen molar-refractivity contribution in [3.63, 3.8) is 0 Å². The first-order chi connectivity index (χ1) is 9.80. The third-order valence-corrected chi connectivity index (χ3v) is 3.08. The van der Waals surface area contributed by atoms with Crippen LogP contribution >= 0.6 is 15.9 Å². The van der Waals surface area contributed by atoms with Gasteiger partial charge in [-0.3, -0.25) is 0 Å². The van der Waals surface area contributed by atoms with Gasteiger partial charge in [0, 0.05) is 10.0 Å². The first-order valence-corrected chi connectivity index (χ1v) is 6.48. The number of hydrogen-bond acceptors (Lipinski definition) is 2. The standard InChI is InChI=1S/C14H9BrF4O2/c1-20-12-7-9(15)6-11(13(12)16)8-2-4-10(5-3-8)21-14(17,18)19/h2-7H,1H3.